The van der Waals surface area contributed by atoms with Crippen LogP contribution in [-0.4, -0.2) is 13.1 Å². The van der Waals surface area contributed by atoms with Gasteiger partial charge in [-0.2, -0.15) is 0 Å². The second-order valence-electron chi connectivity index (χ2n) is 8.44. The molecule has 37 heavy (non-hydrogen) atoms. The number of para-hydroxylation sites is 5. The Bertz CT molecular complexity index is 1680. The zero-order chi connectivity index (χ0) is 24.3. The normalized spacial score (nSPS) is 11.6. The molecule has 0 amide bonds. The molecule has 0 radical (unpaired) electrons. The largest absolute Gasteiger partial charge is 1.00 e. The first-order valence-corrected chi connectivity index (χ1v) is 11.9. The molecule has 5 heteroatoms. The van der Waals surface area contributed by atoms with Crippen molar-refractivity contribution in [3.63, 3.8) is 0 Å². The molecule has 0 atom stereocenters. The topological polar surface area (TPSA) is 29.4 Å². The summed E-state index contributed by atoms with van der Waals surface area (Å²) >= 11 is 0. The molecule has 1 aliphatic rings. The van der Waals surface area contributed by atoms with Gasteiger partial charge in [0.15, 0.2) is 0 Å². The SMILES string of the molecule is C1=[N+](c2ccccc2)c2ccccc2[N+]=1c1ccccc1.COc1ccc2[n-]c3ccccc3c2c1.[Au+]. The molecule has 5 aromatic carbocycles. The molecule has 0 spiro atoms. The Morgan fingerprint density at radius 1 is 0.568 bits per heavy atom. The minimum absolute atomic E-state index is 0. The first-order valence-electron chi connectivity index (χ1n) is 11.9. The van der Waals surface area contributed by atoms with E-state index in [1.165, 1.54) is 5.39 Å². The molecule has 0 N–H and O–H groups in total. The van der Waals surface area contributed by atoms with E-state index in [0.29, 0.717) is 0 Å². The van der Waals surface area contributed by atoms with Gasteiger partial charge in [0.1, 0.15) is 5.75 Å². The van der Waals surface area contributed by atoms with Crippen molar-refractivity contribution in [1.82, 2.24) is 14.1 Å². The average Bonchev–Trinajstić information content (AvgIpc) is 3.53. The van der Waals surface area contributed by atoms with Crippen molar-refractivity contribution in [2.75, 3.05) is 7.11 Å². The van der Waals surface area contributed by atoms with E-state index in [9.17, 15) is 0 Å². The molecule has 1 aliphatic heterocycles. The number of rotatable bonds is 3. The Labute approximate surface area is 231 Å². The molecule has 0 bridgehead atoms. The summed E-state index contributed by atoms with van der Waals surface area (Å²) in [6, 6.07) is 46.6. The van der Waals surface area contributed by atoms with Crippen molar-refractivity contribution >= 4 is 50.6 Å². The first-order chi connectivity index (χ1) is 17.8. The van der Waals surface area contributed by atoms with E-state index < -0.39 is 0 Å². The molecule has 2 heterocycles. The quantitative estimate of drug-likeness (QED) is 0.145. The van der Waals surface area contributed by atoms with Gasteiger partial charge in [-0.1, -0.05) is 78.9 Å². The van der Waals surface area contributed by atoms with Gasteiger partial charge in [0.05, 0.1) is 7.11 Å². The maximum atomic E-state index is 5.21. The number of methoxy groups -OCH3 is 1. The smallest absolute Gasteiger partial charge is 0.657 e. The maximum absolute atomic E-state index is 5.21. The van der Waals surface area contributed by atoms with Crippen LogP contribution < -0.4 is 18.9 Å². The van der Waals surface area contributed by atoms with Crippen LogP contribution in [0.15, 0.2) is 127 Å². The van der Waals surface area contributed by atoms with E-state index in [-0.39, 0.29) is 22.4 Å². The Kier molecular flexibility index (Phi) is 7.18. The summed E-state index contributed by atoms with van der Waals surface area (Å²) in [5.74, 6) is 0.876. The molecule has 0 saturated carbocycles. The monoisotopic (exact) mass is 663 g/mol. The predicted molar refractivity (Wildman–Crippen MR) is 149 cm³/mol. The molecule has 4 nitrogen and oxygen atoms in total. The second-order valence-corrected chi connectivity index (χ2v) is 8.44. The fourth-order valence-corrected chi connectivity index (χ4v) is 4.48. The first kappa shape index (κ1) is 24.5. The summed E-state index contributed by atoms with van der Waals surface area (Å²) in [7, 11) is 1.68. The van der Waals surface area contributed by atoms with Crippen molar-refractivity contribution in [3.8, 4) is 5.75 Å². The number of ether oxygens (including phenoxy) is 1. The molecule has 6 aromatic rings. The van der Waals surface area contributed by atoms with Crippen LogP contribution in [0.5, 0.6) is 5.75 Å². The van der Waals surface area contributed by atoms with Crippen molar-refractivity contribution in [1.29, 1.82) is 0 Å². The minimum atomic E-state index is 0. The summed E-state index contributed by atoms with van der Waals surface area (Å²) in [4.78, 5) is 4.54. The number of nitrogens with zero attached hydrogens (tertiary/aromatic N) is 3. The summed E-state index contributed by atoms with van der Waals surface area (Å²) < 4.78 is 9.41. The maximum Gasteiger partial charge on any atom is 1.00 e. The van der Waals surface area contributed by atoms with Crippen LogP contribution >= 0.6 is 0 Å². The van der Waals surface area contributed by atoms with Gasteiger partial charge in [-0.25, -0.2) is 0 Å². The van der Waals surface area contributed by atoms with E-state index >= 15 is 0 Å². The number of fused-ring (bicyclic) bond motifs is 4. The van der Waals surface area contributed by atoms with Crippen LogP contribution in [0.1, 0.15) is 0 Å². The molecular weight excluding hydrogens is 639 g/mol. The summed E-state index contributed by atoms with van der Waals surface area (Å²) in [6.07, 6.45) is 0. The molecule has 7 rings (SSSR count). The van der Waals surface area contributed by atoms with Gasteiger partial charge >= 0.3 is 28.4 Å². The fourth-order valence-electron chi connectivity index (χ4n) is 4.48. The Balaban J connectivity index is 0.000000155. The van der Waals surface area contributed by atoms with E-state index in [0.717, 1.165) is 44.9 Å². The predicted octanol–water partition coefficient (Wildman–Crippen LogP) is 7.50. The van der Waals surface area contributed by atoms with Gasteiger partial charge in [-0.05, 0) is 32.1 Å². The van der Waals surface area contributed by atoms with Gasteiger partial charge in [0.25, 0.3) is 11.4 Å². The van der Waals surface area contributed by atoms with Crippen LogP contribution in [0.25, 0.3) is 21.8 Å². The average molecular weight is 664 g/mol. The Morgan fingerprint density at radius 2 is 1.08 bits per heavy atom. The zero-order valence-electron chi connectivity index (χ0n) is 20.2. The van der Waals surface area contributed by atoms with E-state index in [1.54, 1.807) is 7.11 Å². The van der Waals surface area contributed by atoms with Crippen LogP contribution in [0.3, 0.4) is 0 Å². The number of aromatic nitrogens is 1. The third-order valence-corrected chi connectivity index (χ3v) is 6.23. The minimum Gasteiger partial charge on any atom is -0.657 e. The van der Waals surface area contributed by atoms with E-state index in [1.807, 2.05) is 72.8 Å². The summed E-state index contributed by atoms with van der Waals surface area (Å²) in [5.41, 5.74) is 6.59. The van der Waals surface area contributed by atoms with Crippen molar-refractivity contribution in [2.24, 2.45) is 0 Å². The van der Waals surface area contributed by atoms with Gasteiger partial charge in [-0.3, -0.25) is 0 Å². The van der Waals surface area contributed by atoms with Crippen LogP contribution in [0, 0.1) is 0 Å². The van der Waals surface area contributed by atoms with Crippen molar-refractivity contribution in [3.05, 3.63) is 127 Å². The van der Waals surface area contributed by atoms with Crippen molar-refractivity contribution in [2.45, 2.75) is 0 Å². The van der Waals surface area contributed by atoms with Crippen LogP contribution in [-0.2, 0) is 22.4 Å². The number of hydrogen-bond donors (Lipinski definition) is 0. The van der Waals surface area contributed by atoms with Gasteiger partial charge in [0, 0.05) is 36.4 Å². The Hall–Kier alpha value is -4.18. The van der Waals surface area contributed by atoms with Crippen LogP contribution in [0.4, 0.5) is 22.7 Å². The zero-order valence-corrected chi connectivity index (χ0v) is 22.3. The third-order valence-electron chi connectivity index (χ3n) is 6.23. The van der Waals surface area contributed by atoms with E-state index in [4.69, 9.17) is 4.74 Å². The molecule has 0 fully saturated rings. The molecule has 1 aromatic heterocycles. The number of hydrogen-bond acceptors (Lipinski definition) is 1. The second kappa shape index (κ2) is 10.8. The molecule has 0 aliphatic carbocycles. The van der Waals surface area contributed by atoms with Gasteiger partial charge < -0.3 is 9.72 Å². The summed E-state index contributed by atoms with van der Waals surface area (Å²) in [5, 5.41) is 2.34. The molecule has 0 saturated heterocycles. The van der Waals surface area contributed by atoms with Crippen LogP contribution in [0.2, 0.25) is 0 Å². The molecule has 182 valence electrons. The third kappa shape index (κ3) is 4.79. The number of benzene rings is 5. The van der Waals surface area contributed by atoms with E-state index in [2.05, 4.69) is 74.7 Å². The molecular formula is C32H24AuN3O+2. The van der Waals surface area contributed by atoms with Gasteiger partial charge in [-0.15, -0.1) is 11.0 Å². The standard InChI is InChI=1S/C19H14N2.C13H10NO.Au/c1-3-9-16(10-4-1)20-15-21(17-11-5-2-6-12-17)19-14-8-7-13-18(19)20;1-15-9-6-7-13-11(8-9)10-4-2-3-5-12(10)14-13;/h1-14H;2-8H,1H3;/q+2;-1;+1. The molecule has 0 unspecified atom stereocenters. The fraction of sp³-hybridized carbons (Fsp3) is 0.0312. The van der Waals surface area contributed by atoms with Gasteiger partial charge in [0.2, 0.25) is 11.4 Å². The van der Waals surface area contributed by atoms with Crippen molar-refractivity contribution < 1.29 is 27.1 Å². The summed E-state index contributed by atoms with van der Waals surface area (Å²) in [6.45, 7) is 0. The Morgan fingerprint density at radius 3 is 1.68 bits per heavy atom.